The van der Waals surface area contributed by atoms with Crippen molar-refractivity contribution >= 4 is 39.4 Å². The van der Waals surface area contributed by atoms with E-state index >= 15 is 0 Å². The number of hydrogen-bond donors (Lipinski definition) is 4. The van der Waals surface area contributed by atoms with Crippen LogP contribution in [0.15, 0.2) is 11.6 Å². The van der Waals surface area contributed by atoms with Crippen LogP contribution in [0.4, 0.5) is 4.79 Å². The zero-order chi connectivity index (χ0) is 35.5. The number of Topliss-reactive ketones (excluding diaryl/α,β-unsaturated/α-hetero) is 1. The largest absolute Gasteiger partial charge is 0.363 e. The predicted molar refractivity (Wildman–Crippen MR) is 179 cm³/mol. The number of hydrogen-bond acceptors (Lipinski definition) is 7. The normalized spacial score (nSPS) is 27.7. The first-order valence-corrected chi connectivity index (χ1v) is 18.5. The van der Waals surface area contributed by atoms with Gasteiger partial charge in [0.2, 0.25) is 17.6 Å². The molecule has 5 atom stereocenters. The topological polar surface area (TPSA) is 185 Å². The Kier molecular flexibility index (Phi) is 9.55. The molecule has 12 nitrogen and oxygen atoms in total. The van der Waals surface area contributed by atoms with E-state index in [9.17, 15) is 32.4 Å². The molecular formula is C34H55N5O7S. The van der Waals surface area contributed by atoms with Gasteiger partial charge in [-0.25, -0.2) is 13.2 Å². The highest BCUT2D eigenvalue weighted by molar-refractivity contribution is 7.92. The summed E-state index contributed by atoms with van der Waals surface area (Å²) in [4.78, 5) is 68.4. The van der Waals surface area contributed by atoms with E-state index in [0.717, 1.165) is 25.7 Å². The van der Waals surface area contributed by atoms with Gasteiger partial charge in [-0.2, -0.15) is 0 Å². The molecule has 1 heterocycles. The summed E-state index contributed by atoms with van der Waals surface area (Å²) in [6.45, 7) is 16.7. The van der Waals surface area contributed by atoms with Gasteiger partial charge in [0, 0.05) is 12.0 Å². The summed E-state index contributed by atoms with van der Waals surface area (Å²) in [6, 6.07) is -3.84. The van der Waals surface area contributed by atoms with E-state index in [1.807, 2.05) is 41.5 Å². The summed E-state index contributed by atoms with van der Waals surface area (Å²) >= 11 is 0. The molecule has 0 aromatic heterocycles. The smallest absolute Gasteiger partial charge is 0.315 e. The molecule has 2 saturated carbocycles. The van der Waals surface area contributed by atoms with E-state index in [-0.39, 0.29) is 23.6 Å². The summed E-state index contributed by atoms with van der Waals surface area (Å²) in [7, 11) is -3.57. The molecule has 1 aliphatic heterocycles. The molecule has 2 unspecified atom stereocenters. The quantitative estimate of drug-likeness (QED) is 0.202. The molecule has 5 N–H and O–H groups in total. The molecule has 0 radical (unpaired) electrons. The minimum Gasteiger partial charge on any atom is -0.363 e. The number of primary amides is 1. The summed E-state index contributed by atoms with van der Waals surface area (Å²) in [6.07, 6.45) is 6.58. The second kappa shape index (κ2) is 12.2. The van der Waals surface area contributed by atoms with E-state index < -0.39 is 78.6 Å². The first-order valence-electron chi connectivity index (χ1n) is 16.8. The Morgan fingerprint density at radius 1 is 0.979 bits per heavy atom. The number of nitrogens with two attached hydrogens (primary N) is 1. The standard InChI is InChI=1S/C34H55N5O7S/c1-30(2,3)24(37-29(44)38-34(16-11-10-12-17-34)19-47(45,46)31(4,5)6)28(43)39-18-21-32(7,8)33(21,9)25(39)27(42)36-22(20-14-13-15-20)23(40)26(35)41/h14,21-22,24-25H,10-13,15-19H2,1-9H3,(H2,35,41)(H,36,42)(H2,37,38,44)/t21?,22?,24-,25-,33+/m1/s1. The van der Waals surface area contributed by atoms with Crippen LogP contribution in [0.2, 0.25) is 0 Å². The number of carbonyl (C=O) groups is 5. The number of fused-ring (bicyclic) bond motifs is 1. The van der Waals surface area contributed by atoms with Gasteiger partial charge < -0.3 is 26.6 Å². The first-order chi connectivity index (χ1) is 21.4. The Morgan fingerprint density at radius 3 is 2.02 bits per heavy atom. The third-order valence-electron chi connectivity index (χ3n) is 11.7. The van der Waals surface area contributed by atoms with Gasteiger partial charge in [0.1, 0.15) is 18.1 Å². The van der Waals surface area contributed by atoms with Crippen molar-refractivity contribution in [2.45, 2.75) is 136 Å². The lowest BCUT2D eigenvalue weighted by Crippen LogP contribution is -2.64. The highest BCUT2D eigenvalue weighted by Crippen LogP contribution is 2.74. The van der Waals surface area contributed by atoms with Crippen molar-refractivity contribution in [1.29, 1.82) is 0 Å². The number of nitrogens with one attached hydrogen (secondary N) is 3. The van der Waals surface area contributed by atoms with Crippen LogP contribution in [0.25, 0.3) is 0 Å². The van der Waals surface area contributed by atoms with Crippen molar-refractivity contribution in [1.82, 2.24) is 20.9 Å². The van der Waals surface area contributed by atoms with E-state index in [4.69, 9.17) is 5.73 Å². The number of allylic oxidation sites excluding steroid dienone is 1. The molecule has 0 bridgehead atoms. The molecule has 264 valence electrons. The van der Waals surface area contributed by atoms with E-state index in [1.165, 1.54) is 4.90 Å². The van der Waals surface area contributed by atoms with Crippen molar-refractivity contribution in [3.05, 3.63) is 11.6 Å². The molecular weight excluding hydrogens is 622 g/mol. The number of ketones is 1. The zero-order valence-corrected chi connectivity index (χ0v) is 30.4. The maximum atomic E-state index is 14.5. The lowest BCUT2D eigenvalue weighted by Gasteiger charge is -2.42. The zero-order valence-electron chi connectivity index (χ0n) is 29.5. The van der Waals surface area contributed by atoms with Crippen LogP contribution in [0.5, 0.6) is 0 Å². The Morgan fingerprint density at radius 2 is 1.55 bits per heavy atom. The fourth-order valence-electron chi connectivity index (χ4n) is 7.96. The molecule has 0 aromatic rings. The van der Waals surface area contributed by atoms with Gasteiger partial charge in [-0.15, -0.1) is 0 Å². The Bertz CT molecular complexity index is 1470. The molecule has 4 aliphatic rings. The number of urea groups is 1. The van der Waals surface area contributed by atoms with Crippen LogP contribution in [0.3, 0.4) is 0 Å². The van der Waals surface area contributed by atoms with Crippen molar-refractivity contribution in [2.75, 3.05) is 12.3 Å². The Labute approximate surface area is 279 Å². The maximum Gasteiger partial charge on any atom is 0.315 e. The molecule has 1 saturated heterocycles. The monoisotopic (exact) mass is 677 g/mol. The van der Waals surface area contributed by atoms with Gasteiger partial charge in [0.05, 0.1) is 16.0 Å². The predicted octanol–water partition coefficient (Wildman–Crippen LogP) is 2.75. The van der Waals surface area contributed by atoms with Crippen molar-refractivity contribution in [3.8, 4) is 0 Å². The SMILES string of the molecule is CC(C)(C)[C@H](NC(=O)NC1(CS(=O)(=O)C(C)(C)C)CCCCC1)C(=O)N1CC2C(C)(C)[C@]2(C)[C@H]1C(=O)NC(C(=O)C(N)=O)C1=CCC1. The second-order valence-electron chi connectivity index (χ2n) is 17.0. The van der Waals surface area contributed by atoms with Gasteiger partial charge >= 0.3 is 6.03 Å². The molecule has 4 rings (SSSR count). The van der Waals surface area contributed by atoms with Crippen LogP contribution in [-0.4, -0.2) is 83.6 Å². The molecule has 47 heavy (non-hydrogen) atoms. The average Bonchev–Trinajstić information content (AvgIpc) is 3.15. The van der Waals surface area contributed by atoms with Crippen LogP contribution >= 0.6 is 0 Å². The number of piperidine rings is 1. The van der Waals surface area contributed by atoms with E-state index in [0.29, 0.717) is 24.8 Å². The van der Waals surface area contributed by atoms with Crippen LogP contribution < -0.4 is 21.7 Å². The van der Waals surface area contributed by atoms with Crippen LogP contribution in [0, 0.1) is 22.2 Å². The van der Waals surface area contributed by atoms with Gasteiger partial charge in [-0.3, -0.25) is 19.2 Å². The molecule has 13 heteroatoms. The Hall–Kier alpha value is -2.96. The molecule has 0 aromatic carbocycles. The highest BCUT2D eigenvalue weighted by atomic mass is 32.2. The second-order valence-corrected chi connectivity index (χ2v) is 19.8. The minimum absolute atomic E-state index is 0.00883. The van der Waals surface area contributed by atoms with E-state index in [2.05, 4.69) is 16.0 Å². The lowest BCUT2D eigenvalue weighted by atomic mass is 9.82. The highest BCUT2D eigenvalue weighted by Gasteiger charge is 2.78. The number of rotatable bonds is 10. The van der Waals surface area contributed by atoms with Crippen molar-refractivity contribution in [2.24, 2.45) is 27.9 Å². The van der Waals surface area contributed by atoms with Gasteiger partial charge in [-0.1, -0.05) is 66.9 Å². The minimum atomic E-state index is -3.57. The van der Waals surface area contributed by atoms with Crippen molar-refractivity contribution in [3.63, 3.8) is 0 Å². The Balaban J connectivity index is 1.60. The number of likely N-dealkylation sites (tertiary alicyclic amines) is 1. The van der Waals surface area contributed by atoms with Crippen molar-refractivity contribution < 1.29 is 32.4 Å². The maximum absolute atomic E-state index is 14.5. The number of carbonyl (C=O) groups excluding carboxylic acids is 5. The molecule has 5 amide bonds. The third kappa shape index (κ3) is 6.70. The molecule has 3 fully saturated rings. The number of amides is 5. The summed E-state index contributed by atoms with van der Waals surface area (Å²) < 4.78 is 25.6. The third-order valence-corrected chi connectivity index (χ3v) is 14.5. The number of sulfone groups is 1. The van der Waals surface area contributed by atoms with Crippen LogP contribution in [0.1, 0.15) is 107 Å². The van der Waals surface area contributed by atoms with Crippen LogP contribution in [-0.2, 0) is 29.0 Å². The molecule has 3 aliphatic carbocycles. The summed E-state index contributed by atoms with van der Waals surface area (Å²) in [5, 5.41) is 8.61. The van der Waals surface area contributed by atoms with Gasteiger partial charge in [0.25, 0.3) is 5.91 Å². The van der Waals surface area contributed by atoms with Gasteiger partial charge in [0.15, 0.2) is 9.84 Å². The van der Waals surface area contributed by atoms with Gasteiger partial charge in [-0.05, 0) is 68.8 Å². The number of nitrogens with zero attached hydrogens (tertiary/aromatic N) is 1. The first kappa shape index (κ1) is 36.9. The fraction of sp³-hybridized carbons (Fsp3) is 0.794. The summed E-state index contributed by atoms with van der Waals surface area (Å²) in [5.74, 6) is -3.26. The molecule has 0 spiro atoms. The summed E-state index contributed by atoms with van der Waals surface area (Å²) in [5.41, 5.74) is 3.30. The average molecular weight is 678 g/mol. The fourth-order valence-corrected chi connectivity index (χ4v) is 9.48. The van der Waals surface area contributed by atoms with E-state index in [1.54, 1.807) is 26.8 Å². The lowest BCUT2D eigenvalue weighted by molar-refractivity contribution is -0.146.